The van der Waals surface area contributed by atoms with Crippen molar-refractivity contribution in [2.45, 2.75) is 39.0 Å². The van der Waals surface area contributed by atoms with E-state index in [0.29, 0.717) is 0 Å². The quantitative estimate of drug-likeness (QED) is 0.676. The predicted molar refractivity (Wildman–Crippen MR) is 115 cm³/mol. The molecule has 1 fully saturated rings. The average Bonchev–Trinajstić information content (AvgIpc) is 3.08. The van der Waals surface area contributed by atoms with E-state index in [0.717, 1.165) is 61.2 Å². The highest BCUT2D eigenvalue weighted by Crippen LogP contribution is 2.20. The van der Waals surface area contributed by atoms with E-state index in [9.17, 15) is 4.79 Å². The predicted octanol–water partition coefficient (Wildman–Crippen LogP) is 4.02. The van der Waals surface area contributed by atoms with Gasteiger partial charge in [-0.3, -0.25) is 9.69 Å². The summed E-state index contributed by atoms with van der Waals surface area (Å²) in [6.07, 6.45) is 1.90. The van der Waals surface area contributed by atoms with Gasteiger partial charge in [0.25, 0.3) is 0 Å². The van der Waals surface area contributed by atoms with Crippen molar-refractivity contribution in [1.29, 1.82) is 0 Å². The van der Waals surface area contributed by atoms with Gasteiger partial charge >= 0.3 is 0 Å². The summed E-state index contributed by atoms with van der Waals surface area (Å²) in [5.74, 6) is 2.36. The number of likely N-dealkylation sites (tertiary alicyclic amines) is 1. The van der Waals surface area contributed by atoms with Crippen LogP contribution in [0, 0.1) is 19.8 Å². The molecule has 3 rings (SSSR count). The first kappa shape index (κ1) is 20.4. The van der Waals surface area contributed by atoms with Crippen LogP contribution in [0.25, 0.3) is 0 Å². The van der Waals surface area contributed by atoms with Crippen LogP contribution in [0.2, 0.25) is 0 Å². The number of aromatic nitrogens is 1. The van der Waals surface area contributed by atoms with E-state index in [4.69, 9.17) is 0 Å². The second-order valence-electron chi connectivity index (χ2n) is 7.24. The van der Waals surface area contributed by atoms with Crippen LogP contribution in [-0.4, -0.2) is 41.2 Å². The van der Waals surface area contributed by atoms with Crippen molar-refractivity contribution in [1.82, 2.24) is 15.2 Å². The number of hydrogen-bond acceptors (Lipinski definition) is 5. The number of thioether (sulfide) groups is 1. The Balaban J connectivity index is 1.28. The molecule has 4 nitrogen and oxygen atoms in total. The number of carbonyl (C=O) groups excluding carboxylic acids is 1. The standard InChI is InChI=1S/C21H29N3OS2/c1-16-3-5-18(6-4-16)14-26-12-9-22-21(25)19-7-10-24(11-8-19)13-20-15-27-17(2)23-20/h3-6,15,19H,7-14H2,1-2H3,(H,22,25). The molecule has 1 aromatic carbocycles. The lowest BCUT2D eigenvalue weighted by molar-refractivity contribution is -0.126. The Morgan fingerprint density at radius 2 is 2.00 bits per heavy atom. The first-order valence-electron chi connectivity index (χ1n) is 9.64. The topological polar surface area (TPSA) is 45.2 Å². The van der Waals surface area contributed by atoms with Crippen LogP contribution in [-0.2, 0) is 17.1 Å². The van der Waals surface area contributed by atoms with Crippen molar-refractivity contribution in [3.8, 4) is 0 Å². The van der Waals surface area contributed by atoms with Gasteiger partial charge in [-0.25, -0.2) is 4.98 Å². The fourth-order valence-electron chi connectivity index (χ4n) is 3.33. The summed E-state index contributed by atoms with van der Waals surface area (Å²) in [4.78, 5) is 19.3. The number of carbonyl (C=O) groups is 1. The Morgan fingerprint density at radius 3 is 2.67 bits per heavy atom. The summed E-state index contributed by atoms with van der Waals surface area (Å²) in [6, 6.07) is 8.67. The summed E-state index contributed by atoms with van der Waals surface area (Å²) in [5, 5.41) is 6.39. The molecule has 0 bridgehead atoms. The molecule has 1 N–H and O–H groups in total. The summed E-state index contributed by atoms with van der Waals surface area (Å²) < 4.78 is 0. The molecule has 1 saturated heterocycles. The van der Waals surface area contributed by atoms with Crippen molar-refractivity contribution in [2.75, 3.05) is 25.4 Å². The highest BCUT2D eigenvalue weighted by Gasteiger charge is 2.24. The molecular weight excluding hydrogens is 374 g/mol. The summed E-state index contributed by atoms with van der Waals surface area (Å²) in [7, 11) is 0. The zero-order chi connectivity index (χ0) is 19.1. The molecule has 1 amide bonds. The normalized spacial score (nSPS) is 15.8. The molecule has 6 heteroatoms. The van der Waals surface area contributed by atoms with Gasteiger partial charge in [0.05, 0.1) is 10.7 Å². The van der Waals surface area contributed by atoms with Gasteiger partial charge in [-0.05, 0) is 45.3 Å². The molecule has 0 unspecified atom stereocenters. The molecule has 2 heterocycles. The van der Waals surface area contributed by atoms with Crippen LogP contribution >= 0.6 is 23.1 Å². The van der Waals surface area contributed by atoms with Gasteiger partial charge in [-0.15, -0.1) is 11.3 Å². The van der Waals surface area contributed by atoms with Crippen LogP contribution in [0.15, 0.2) is 29.6 Å². The van der Waals surface area contributed by atoms with Crippen molar-refractivity contribution in [3.63, 3.8) is 0 Å². The number of benzene rings is 1. The minimum Gasteiger partial charge on any atom is -0.355 e. The average molecular weight is 404 g/mol. The smallest absolute Gasteiger partial charge is 0.223 e. The Hall–Kier alpha value is -1.37. The lowest BCUT2D eigenvalue weighted by Gasteiger charge is -2.30. The minimum absolute atomic E-state index is 0.167. The Kier molecular flexibility index (Phi) is 7.73. The van der Waals surface area contributed by atoms with Crippen LogP contribution < -0.4 is 5.32 Å². The summed E-state index contributed by atoms with van der Waals surface area (Å²) in [5.41, 5.74) is 3.80. The molecular formula is C21H29N3OS2. The lowest BCUT2D eigenvalue weighted by atomic mass is 9.96. The van der Waals surface area contributed by atoms with Crippen LogP contribution in [0.3, 0.4) is 0 Å². The Labute approximate surface area is 170 Å². The number of rotatable bonds is 8. The molecule has 0 spiro atoms. The number of nitrogens with zero attached hydrogens (tertiary/aromatic N) is 2. The maximum Gasteiger partial charge on any atom is 0.223 e. The molecule has 2 aromatic rings. The number of nitrogens with one attached hydrogen (secondary N) is 1. The SMILES string of the molecule is Cc1ccc(CSCCNC(=O)C2CCN(Cc3csc(C)n3)CC2)cc1. The fourth-order valence-corrected chi connectivity index (χ4v) is 4.75. The first-order chi connectivity index (χ1) is 13.1. The van der Waals surface area contributed by atoms with Gasteiger partial charge in [0, 0.05) is 35.9 Å². The van der Waals surface area contributed by atoms with E-state index in [1.165, 1.54) is 11.1 Å². The molecule has 0 atom stereocenters. The van der Waals surface area contributed by atoms with Gasteiger partial charge < -0.3 is 5.32 Å². The molecule has 0 aliphatic carbocycles. The first-order valence-corrected chi connectivity index (χ1v) is 11.7. The van der Waals surface area contributed by atoms with Crippen LogP contribution in [0.4, 0.5) is 0 Å². The second kappa shape index (κ2) is 10.2. The molecule has 1 aliphatic rings. The zero-order valence-corrected chi connectivity index (χ0v) is 17.9. The summed E-state index contributed by atoms with van der Waals surface area (Å²) >= 11 is 3.58. The maximum atomic E-state index is 12.4. The van der Waals surface area contributed by atoms with Gasteiger partial charge in [0.15, 0.2) is 0 Å². The number of aryl methyl sites for hydroxylation is 2. The van der Waals surface area contributed by atoms with Crippen molar-refractivity contribution in [2.24, 2.45) is 5.92 Å². The second-order valence-corrected chi connectivity index (χ2v) is 9.40. The third kappa shape index (κ3) is 6.63. The van der Waals surface area contributed by atoms with E-state index >= 15 is 0 Å². The third-order valence-electron chi connectivity index (χ3n) is 4.95. The van der Waals surface area contributed by atoms with Crippen LogP contribution in [0.5, 0.6) is 0 Å². The lowest BCUT2D eigenvalue weighted by Crippen LogP contribution is -2.40. The molecule has 1 aromatic heterocycles. The molecule has 0 saturated carbocycles. The highest BCUT2D eigenvalue weighted by molar-refractivity contribution is 7.98. The highest BCUT2D eigenvalue weighted by atomic mass is 32.2. The molecule has 27 heavy (non-hydrogen) atoms. The fraction of sp³-hybridized carbons (Fsp3) is 0.524. The zero-order valence-electron chi connectivity index (χ0n) is 16.2. The Morgan fingerprint density at radius 1 is 1.26 bits per heavy atom. The molecule has 146 valence electrons. The Bertz CT molecular complexity index is 721. The van der Waals surface area contributed by atoms with Crippen molar-refractivity contribution >= 4 is 29.0 Å². The van der Waals surface area contributed by atoms with Gasteiger partial charge in [0.2, 0.25) is 5.91 Å². The van der Waals surface area contributed by atoms with Gasteiger partial charge in [-0.2, -0.15) is 11.8 Å². The third-order valence-corrected chi connectivity index (χ3v) is 6.80. The minimum atomic E-state index is 0.167. The number of hydrogen-bond donors (Lipinski definition) is 1. The summed E-state index contributed by atoms with van der Waals surface area (Å²) in [6.45, 7) is 7.79. The van der Waals surface area contributed by atoms with E-state index in [2.05, 4.69) is 51.8 Å². The monoisotopic (exact) mass is 403 g/mol. The number of thiazole rings is 1. The molecule has 1 aliphatic heterocycles. The van der Waals surface area contributed by atoms with Gasteiger partial charge in [0.1, 0.15) is 0 Å². The largest absolute Gasteiger partial charge is 0.355 e. The number of amides is 1. The van der Waals surface area contributed by atoms with E-state index in [-0.39, 0.29) is 11.8 Å². The maximum absolute atomic E-state index is 12.4. The van der Waals surface area contributed by atoms with Gasteiger partial charge in [-0.1, -0.05) is 29.8 Å². The van der Waals surface area contributed by atoms with E-state index in [1.54, 1.807) is 11.3 Å². The van der Waals surface area contributed by atoms with Crippen LogP contribution in [0.1, 0.15) is 34.7 Å². The number of piperidine rings is 1. The molecule has 0 radical (unpaired) electrons. The van der Waals surface area contributed by atoms with Crippen molar-refractivity contribution in [3.05, 3.63) is 51.5 Å². The van der Waals surface area contributed by atoms with E-state index < -0.39 is 0 Å². The van der Waals surface area contributed by atoms with Crippen molar-refractivity contribution < 1.29 is 4.79 Å². The van der Waals surface area contributed by atoms with E-state index in [1.807, 2.05) is 18.7 Å².